The molecule has 1 unspecified atom stereocenters. The molecule has 0 spiro atoms. The van der Waals surface area contributed by atoms with E-state index in [4.69, 9.17) is 9.62 Å². The van der Waals surface area contributed by atoms with Gasteiger partial charge in [0.15, 0.2) is 5.78 Å². The van der Waals surface area contributed by atoms with E-state index in [1.165, 1.54) is 6.92 Å². The van der Waals surface area contributed by atoms with E-state index in [1.54, 1.807) is 36.4 Å². The number of carbonyl (C=O) groups excluding carboxylic acids is 2. The average Bonchev–Trinajstić information content (AvgIpc) is 2.65. The van der Waals surface area contributed by atoms with Gasteiger partial charge in [0, 0.05) is 29.2 Å². The minimum Gasteiger partial charge on any atom is -0.421 e. The van der Waals surface area contributed by atoms with Crippen LogP contribution >= 0.6 is 0 Å². The Labute approximate surface area is 152 Å². The molecule has 2 aromatic rings. The molecule has 5 heteroatoms. The Kier molecular flexibility index (Phi) is 5.20. The Morgan fingerprint density at radius 1 is 1.08 bits per heavy atom. The molecular formula is C21H22O5. The van der Waals surface area contributed by atoms with Crippen molar-refractivity contribution in [3.63, 3.8) is 0 Å². The minimum absolute atomic E-state index is 0.173. The molecule has 0 saturated carbocycles. The molecule has 0 aliphatic heterocycles. The number of ketones is 1. The number of ether oxygens (including phenoxy) is 1. The van der Waals surface area contributed by atoms with Crippen molar-refractivity contribution in [2.45, 2.75) is 45.3 Å². The maximum Gasteiger partial charge on any atom is 0.305 e. The van der Waals surface area contributed by atoms with Crippen LogP contribution < -0.4 is 0 Å². The first-order valence-electron chi connectivity index (χ1n) is 8.83. The molecule has 0 aromatic heterocycles. The molecule has 0 amide bonds. The van der Waals surface area contributed by atoms with Gasteiger partial charge in [0.05, 0.1) is 0 Å². The van der Waals surface area contributed by atoms with Gasteiger partial charge in [-0.3, -0.25) is 9.59 Å². The summed E-state index contributed by atoms with van der Waals surface area (Å²) in [5.41, 5.74) is 2.40. The second kappa shape index (κ2) is 7.40. The molecule has 5 nitrogen and oxygen atoms in total. The number of esters is 1. The molecular weight excluding hydrogens is 332 g/mol. The summed E-state index contributed by atoms with van der Waals surface area (Å²) < 4.78 is 5.40. The average molecular weight is 354 g/mol. The summed E-state index contributed by atoms with van der Waals surface area (Å²) in [6, 6.07) is 12.1. The molecule has 2 aromatic carbocycles. The van der Waals surface area contributed by atoms with Gasteiger partial charge in [0.2, 0.25) is 0 Å². The quantitative estimate of drug-likeness (QED) is 0.276. The highest BCUT2D eigenvalue weighted by Crippen LogP contribution is 2.43. The fourth-order valence-corrected chi connectivity index (χ4v) is 3.49. The first kappa shape index (κ1) is 18.3. The lowest BCUT2D eigenvalue weighted by atomic mass is 9.79. The second-order valence-electron chi connectivity index (χ2n) is 6.51. The number of benzene rings is 2. The number of fused-ring (bicyclic) bond motifs is 2. The molecule has 26 heavy (non-hydrogen) atoms. The van der Waals surface area contributed by atoms with Crippen LogP contribution in [0.15, 0.2) is 42.5 Å². The third kappa shape index (κ3) is 3.04. The van der Waals surface area contributed by atoms with E-state index in [0.29, 0.717) is 22.3 Å². The van der Waals surface area contributed by atoms with Crippen LogP contribution in [0.1, 0.15) is 65.7 Å². The minimum atomic E-state index is -1.84. The van der Waals surface area contributed by atoms with Gasteiger partial charge in [-0.25, -0.2) is 5.26 Å². The van der Waals surface area contributed by atoms with E-state index in [9.17, 15) is 14.8 Å². The summed E-state index contributed by atoms with van der Waals surface area (Å²) in [6.45, 7) is 3.37. The first-order chi connectivity index (χ1) is 12.5. The monoisotopic (exact) mass is 354 g/mol. The number of hydrogen-bond donors (Lipinski definition) is 1. The highest BCUT2D eigenvalue weighted by Gasteiger charge is 2.48. The molecule has 1 aliphatic carbocycles. The number of aryl methyl sites for hydroxylation is 1. The van der Waals surface area contributed by atoms with Crippen LogP contribution in [0, 0.1) is 0 Å². The van der Waals surface area contributed by atoms with Crippen LogP contribution in [-0.4, -0.2) is 17.0 Å². The van der Waals surface area contributed by atoms with Gasteiger partial charge in [-0.1, -0.05) is 56.2 Å². The number of unbranched alkanes of at least 4 members (excludes halogenated alkanes) is 2. The molecule has 0 saturated heterocycles. The Morgan fingerprint density at radius 3 is 2.50 bits per heavy atom. The molecule has 1 aliphatic rings. The summed E-state index contributed by atoms with van der Waals surface area (Å²) in [5.74, 6) is -2.64. The van der Waals surface area contributed by atoms with E-state index >= 15 is 0 Å². The van der Waals surface area contributed by atoms with Crippen LogP contribution in [0.3, 0.4) is 0 Å². The van der Waals surface area contributed by atoms with E-state index in [-0.39, 0.29) is 5.78 Å². The zero-order valence-electron chi connectivity index (χ0n) is 15.0. The van der Waals surface area contributed by atoms with Gasteiger partial charge >= 0.3 is 5.97 Å². The molecule has 1 atom stereocenters. The van der Waals surface area contributed by atoms with Crippen molar-refractivity contribution in [2.75, 3.05) is 0 Å². The predicted molar refractivity (Wildman–Crippen MR) is 95.8 cm³/mol. The summed E-state index contributed by atoms with van der Waals surface area (Å²) in [4.78, 5) is 29.5. The van der Waals surface area contributed by atoms with Crippen molar-refractivity contribution >= 4 is 11.8 Å². The van der Waals surface area contributed by atoms with E-state index in [0.717, 1.165) is 31.2 Å². The van der Waals surface area contributed by atoms with E-state index in [2.05, 4.69) is 6.92 Å². The van der Waals surface area contributed by atoms with Gasteiger partial charge < -0.3 is 4.74 Å². The Hall–Kier alpha value is -2.50. The highest BCUT2D eigenvalue weighted by atomic mass is 17.1. The summed E-state index contributed by atoms with van der Waals surface area (Å²) >= 11 is 0. The van der Waals surface area contributed by atoms with Crippen LogP contribution in [0.2, 0.25) is 0 Å². The molecule has 136 valence electrons. The maximum atomic E-state index is 13.0. The van der Waals surface area contributed by atoms with Crippen LogP contribution in [0.4, 0.5) is 0 Å². The molecule has 0 heterocycles. The summed E-state index contributed by atoms with van der Waals surface area (Å²) in [7, 11) is 0. The van der Waals surface area contributed by atoms with Gasteiger partial charge in [-0.05, 0) is 24.5 Å². The van der Waals surface area contributed by atoms with Gasteiger partial charge in [-0.2, -0.15) is 4.89 Å². The lowest BCUT2D eigenvalue weighted by Gasteiger charge is -2.36. The third-order valence-corrected chi connectivity index (χ3v) is 4.69. The largest absolute Gasteiger partial charge is 0.421 e. The van der Waals surface area contributed by atoms with Gasteiger partial charge in [0.1, 0.15) is 0 Å². The predicted octanol–water partition coefficient (Wildman–Crippen LogP) is 4.22. The van der Waals surface area contributed by atoms with Gasteiger partial charge in [-0.15, -0.1) is 0 Å². The highest BCUT2D eigenvalue weighted by molar-refractivity contribution is 6.13. The number of carbonyl (C=O) groups is 2. The van der Waals surface area contributed by atoms with E-state index in [1.807, 2.05) is 6.07 Å². The normalized spacial score (nSPS) is 18.2. The van der Waals surface area contributed by atoms with Gasteiger partial charge in [0.25, 0.3) is 5.79 Å². The SMILES string of the molecule is CCCCCc1ccc2c(c1)C(=O)c1ccccc1C2(OO)OC(C)=O. The van der Waals surface area contributed by atoms with Crippen LogP contribution in [-0.2, 0) is 26.6 Å². The van der Waals surface area contributed by atoms with Crippen molar-refractivity contribution in [3.05, 3.63) is 70.3 Å². The van der Waals surface area contributed by atoms with Crippen molar-refractivity contribution in [2.24, 2.45) is 0 Å². The van der Waals surface area contributed by atoms with E-state index < -0.39 is 11.8 Å². The first-order valence-corrected chi connectivity index (χ1v) is 8.83. The third-order valence-electron chi connectivity index (χ3n) is 4.69. The zero-order valence-corrected chi connectivity index (χ0v) is 15.0. The number of hydrogen-bond acceptors (Lipinski definition) is 5. The molecule has 0 bridgehead atoms. The molecule has 1 N–H and O–H groups in total. The lowest BCUT2D eigenvalue weighted by Crippen LogP contribution is -2.41. The topological polar surface area (TPSA) is 72.8 Å². The van der Waals surface area contributed by atoms with Crippen molar-refractivity contribution < 1.29 is 24.5 Å². The number of rotatable bonds is 6. The van der Waals surface area contributed by atoms with Crippen molar-refractivity contribution in [3.8, 4) is 0 Å². The lowest BCUT2D eigenvalue weighted by molar-refractivity contribution is -0.384. The standard InChI is InChI=1S/C21H22O5/c1-3-4-5-8-15-11-12-19-17(13-15)20(23)16-9-6-7-10-18(16)21(19,26-24)25-14(2)22/h6-7,9-13,24H,3-5,8H2,1-2H3. The fourth-order valence-electron chi connectivity index (χ4n) is 3.49. The maximum absolute atomic E-state index is 13.0. The second-order valence-corrected chi connectivity index (χ2v) is 6.51. The molecule has 0 fully saturated rings. The fraction of sp³-hybridized carbons (Fsp3) is 0.333. The Morgan fingerprint density at radius 2 is 1.81 bits per heavy atom. The summed E-state index contributed by atoms with van der Waals surface area (Å²) in [6.07, 6.45) is 4.12. The molecule has 0 radical (unpaired) electrons. The summed E-state index contributed by atoms with van der Waals surface area (Å²) in [5, 5.41) is 9.72. The molecule has 3 rings (SSSR count). The Balaban J connectivity index is 2.15. The van der Waals surface area contributed by atoms with Crippen LogP contribution in [0.25, 0.3) is 0 Å². The Bertz CT molecular complexity index is 842. The smallest absolute Gasteiger partial charge is 0.305 e. The zero-order chi connectivity index (χ0) is 18.7. The van der Waals surface area contributed by atoms with Crippen molar-refractivity contribution in [1.29, 1.82) is 0 Å². The van der Waals surface area contributed by atoms with Crippen LogP contribution in [0.5, 0.6) is 0 Å². The van der Waals surface area contributed by atoms with Crippen molar-refractivity contribution in [1.82, 2.24) is 0 Å².